The number of rotatable bonds is 7. The minimum absolute atomic E-state index is 0.209. The molecular weight excluding hydrogens is 388 g/mol. The van der Waals surface area contributed by atoms with Crippen molar-refractivity contribution >= 4 is 27.3 Å². The van der Waals surface area contributed by atoms with Gasteiger partial charge in [0.1, 0.15) is 4.21 Å². The minimum Gasteiger partial charge on any atom is -0.493 e. The van der Waals surface area contributed by atoms with E-state index in [4.69, 9.17) is 9.47 Å². The van der Waals surface area contributed by atoms with Crippen LogP contribution in [0, 0.1) is 0 Å². The van der Waals surface area contributed by atoms with E-state index in [1.165, 1.54) is 10.4 Å². The van der Waals surface area contributed by atoms with Crippen molar-refractivity contribution < 1.29 is 22.7 Å². The summed E-state index contributed by atoms with van der Waals surface area (Å²) >= 11 is 0.997. The molecular formula is C18H22N2O5S2. The van der Waals surface area contributed by atoms with Crippen molar-refractivity contribution in [2.45, 2.75) is 23.6 Å². The van der Waals surface area contributed by atoms with Gasteiger partial charge in [0.2, 0.25) is 0 Å². The fourth-order valence-corrected chi connectivity index (χ4v) is 5.79. The van der Waals surface area contributed by atoms with Crippen LogP contribution in [0.5, 0.6) is 11.5 Å². The summed E-state index contributed by atoms with van der Waals surface area (Å²) in [5, 5.41) is 2.81. The summed E-state index contributed by atoms with van der Waals surface area (Å²) < 4.78 is 37.2. The maximum atomic E-state index is 12.6. The number of hydrogen-bond acceptors (Lipinski definition) is 6. The van der Waals surface area contributed by atoms with Crippen LogP contribution in [0.2, 0.25) is 0 Å². The first kappa shape index (κ1) is 19.7. The molecule has 2 heterocycles. The van der Waals surface area contributed by atoms with E-state index in [1.807, 2.05) is 6.07 Å². The van der Waals surface area contributed by atoms with E-state index in [1.54, 1.807) is 32.4 Å². The van der Waals surface area contributed by atoms with Gasteiger partial charge in [-0.3, -0.25) is 4.79 Å². The summed E-state index contributed by atoms with van der Waals surface area (Å²) in [5.41, 5.74) is 0.850. The van der Waals surface area contributed by atoms with E-state index < -0.39 is 10.0 Å². The highest BCUT2D eigenvalue weighted by atomic mass is 32.2. The Hall–Kier alpha value is -2.10. The highest BCUT2D eigenvalue weighted by Gasteiger charge is 2.29. The fourth-order valence-electron chi connectivity index (χ4n) is 2.90. The Morgan fingerprint density at radius 2 is 1.81 bits per heavy atom. The quantitative estimate of drug-likeness (QED) is 0.758. The smallest absolute Gasteiger partial charge is 0.261 e. The summed E-state index contributed by atoms with van der Waals surface area (Å²) in [7, 11) is -0.385. The first-order valence-corrected chi connectivity index (χ1v) is 10.8. The molecule has 1 aliphatic heterocycles. The zero-order chi connectivity index (χ0) is 19.4. The third-order valence-corrected chi connectivity index (χ3v) is 7.82. The van der Waals surface area contributed by atoms with Crippen LogP contribution in [-0.4, -0.2) is 45.9 Å². The van der Waals surface area contributed by atoms with Gasteiger partial charge in [-0.2, -0.15) is 4.31 Å². The monoisotopic (exact) mass is 410 g/mol. The molecule has 1 saturated heterocycles. The highest BCUT2D eigenvalue weighted by Crippen LogP contribution is 2.29. The molecule has 1 aromatic heterocycles. The van der Waals surface area contributed by atoms with Crippen molar-refractivity contribution in [3.05, 3.63) is 40.8 Å². The molecule has 0 aliphatic carbocycles. The van der Waals surface area contributed by atoms with E-state index in [9.17, 15) is 13.2 Å². The second-order valence-corrected chi connectivity index (χ2v) is 9.35. The van der Waals surface area contributed by atoms with Crippen molar-refractivity contribution in [2.24, 2.45) is 0 Å². The molecule has 0 radical (unpaired) electrons. The highest BCUT2D eigenvalue weighted by molar-refractivity contribution is 7.91. The lowest BCUT2D eigenvalue weighted by Crippen LogP contribution is -2.27. The van der Waals surface area contributed by atoms with Gasteiger partial charge in [-0.05, 0) is 42.7 Å². The van der Waals surface area contributed by atoms with Crippen molar-refractivity contribution in [2.75, 3.05) is 27.3 Å². The van der Waals surface area contributed by atoms with Gasteiger partial charge in [0.15, 0.2) is 11.5 Å². The number of nitrogens with one attached hydrogen (secondary N) is 1. The third kappa shape index (κ3) is 4.26. The predicted molar refractivity (Wildman–Crippen MR) is 103 cm³/mol. The minimum atomic E-state index is -3.49. The average Bonchev–Trinajstić information content (AvgIpc) is 3.38. The molecule has 1 aromatic carbocycles. The lowest BCUT2D eigenvalue weighted by atomic mass is 10.2. The Morgan fingerprint density at radius 1 is 1.11 bits per heavy atom. The Morgan fingerprint density at radius 3 is 2.48 bits per heavy atom. The standard InChI is InChI=1S/C18H22N2O5S2/c1-24-14-6-5-13(11-15(14)25-2)12-19-18(21)16-7-8-17(26-16)27(22,23)20-9-3-4-10-20/h5-8,11H,3-4,9-10,12H2,1-2H3,(H,19,21). The summed E-state index contributed by atoms with van der Waals surface area (Å²) in [5.74, 6) is 0.889. The molecule has 9 heteroatoms. The molecule has 1 aliphatic rings. The van der Waals surface area contributed by atoms with Gasteiger partial charge in [-0.25, -0.2) is 8.42 Å². The molecule has 0 unspecified atom stereocenters. The predicted octanol–water partition coefficient (Wildman–Crippen LogP) is 2.48. The van der Waals surface area contributed by atoms with Crippen LogP contribution in [0.4, 0.5) is 0 Å². The maximum Gasteiger partial charge on any atom is 0.261 e. The molecule has 146 valence electrons. The van der Waals surface area contributed by atoms with Crippen LogP contribution in [0.3, 0.4) is 0 Å². The number of ether oxygens (including phenoxy) is 2. The molecule has 2 aromatic rings. The summed E-state index contributed by atoms with van der Waals surface area (Å²) in [6, 6.07) is 8.45. The number of nitrogens with zero attached hydrogens (tertiary/aromatic N) is 1. The molecule has 27 heavy (non-hydrogen) atoms. The lowest BCUT2D eigenvalue weighted by Gasteiger charge is -2.13. The number of carbonyl (C=O) groups excluding carboxylic acids is 1. The van der Waals surface area contributed by atoms with Crippen molar-refractivity contribution in [3.63, 3.8) is 0 Å². The molecule has 3 rings (SSSR count). The van der Waals surface area contributed by atoms with E-state index in [0.29, 0.717) is 36.0 Å². The van der Waals surface area contributed by atoms with Crippen LogP contribution in [0.1, 0.15) is 28.1 Å². The topological polar surface area (TPSA) is 84.9 Å². The summed E-state index contributed by atoms with van der Waals surface area (Å²) in [6.45, 7) is 1.38. The third-order valence-electron chi connectivity index (χ3n) is 4.37. The lowest BCUT2D eigenvalue weighted by molar-refractivity contribution is 0.0955. The molecule has 0 atom stereocenters. The summed E-state index contributed by atoms with van der Waals surface area (Å²) in [4.78, 5) is 12.8. The molecule has 1 fully saturated rings. The molecule has 0 saturated carbocycles. The van der Waals surface area contributed by atoms with Crippen LogP contribution in [0.15, 0.2) is 34.5 Å². The second kappa shape index (κ2) is 8.28. The largest absolute Gasteiger partial charge is 0.493 e. The second-order valence-electron chi connectivity index (χ2n) is 6.10. The van der Waals surface area contributed by atoms with Crippen LogP contribution in [0.25, 0.3) is 0 Å². The van der Waals surface area contributed by atoms with Gasteiger partial charge in [0, 0.05) is 19.6 Å². The van der Waals surface area contributed by atoms with Gasteiger partial charge in [-0.1, -0.05) is 6.07 Å². The molecule has 7 nitrogen and oxygen atoms in total. The van der Waals surface area contributed by atoms with Gasteiger partial charge in [-0.15, -0.1) is 11.3 Å². The molecule has 1 N–H and O–H groups in total. The Labute approximate surface area is 163 Å². The Balaban J connectivity index is 1.66. The van der Waals surface area contributed by atoms with E-state index in [0.717, 1.165) is 29.7 Å². The number of sulfonamides is 1. The molecule has 0 spiro atoms. The maximum absolute atomic E-state index is 12.6. The zero-order valence-corrected chi connectivity index (χ0v) is 16.9. The SMILES string of the molecule is COc1ccc(CNC(=O)c2ccc(S(=O)(=O)N3CCCC3)s2)cc1OC. The average molecular weight is 411 g/mol. The number of methoxy groups -OCH3 is 2. The zero-order valence-electron chi connectivity index (χ0n) is 15.2. The van der Waals surface area contributed by atoms with Gasteiger partial charge in [0.25, 0.3) is 15.9 Å². The Bertz CT molecular complexity index is 918. The van der Waals surface area contributed by atoms with Gasteiger partial charge >= 0.3 is 0 Å². The van der Waals surface area contributed by atoms with E-state index in [-0.39, 0.29) is 10.1 Å². The molecule has 1 amide bonds. The number of amides is 1. The van der Waals surface area contributed by atoms with Crippen LogP contribution in [-0.2, 0) is 16.6 Å². The number of carbonyl (C=O) groups is 1. The van der Waals surface area contributed by atoms with Crippen LogP contribution < -0.4 is 14.8 Å². The number of hydrogen-bond donors (Lipinski definition) is 1. The van der Waals surface area contributed by atoms with E-state index >= 15 is 0 Å². The van der Waals surface area contributed by atoms with E-state index in [2.05, 4.69) is 5.32 Å². The number of benzene rings is 1. The fraction of sp³-hybridized carbons (Fsp3) is 0.389. The van der Waals surface area contributed by atoms with Gasteiger partial charge in [0.05, 0.1) is 19.1 Å². The molecule has 0 bridgehead atoms. The van der Waals surface area contributed by atoms with Crippen molar-refractivity contribution in [1.29, 1.82) is 0 Å². The summed E-state index contributed by atoms with van der Waals surface area (Å²) in [6.07, 6.45) is 1.76. The Kier molecular flexibility index (Phi) is 6.03. The van der Waals surface area contributed by atoms with Crippen LogP contribution >= 0.6 is 11.3 Å². The van der Waals surface area contributed by atoms with Crippen molar-refractivity contribution in [3.8, 4) is 11.5 Å². The first-order valence-electron chi connectivity index (χ1n) is 8.55. The van der Waals surface area contributed by atoms with Gasteiger partial charge < -0.3 is 14.8 Å². The van der Waals surface area contributed by atoms with Crippen molar-refractivity contribution in [1.82, 2.24) is 9.62 Å². The first-order chi connectivity index (χ1) is 13.0. The normalized spacial score (nSPS) is 14.9. The number of thiophene rings is 1.